The van der Waals surface area contributed by atoms with Crippen molar-refractivity contribution < 1.29 is 30.7 Å². The van der Waals surface area contributed by atoms with E-state index in [9.17, 15) is 26.2 Å². The third-order valence-electron chi connectivity index (χ3n) is 2.66. The van der Waals surface area contributed by atoms with Crippen LogP contribution in [0.1, 0.15) is 10.4 Å². The molecule has 2 rings (SSSR count). The summed E-state index contributed by atoms with van der Waals surface area (Å²) in [6.45, 7) is 0. The van der Waals surface area contributed by atoms with E-state index in [0.717, 1.165) is 0 Å². The Balaban J connectivity index is 0.00000220. The molecule has 0 aliphatic rings. The van der Waals surface area contributed by atoms with Gasteiger partial charge >= 0.3 is 59.1 Å². The third kappa shape index (κ3) is 4.38. The van der Waals surface area contributed by atoms with E-state index in [2.05, 4.69) is 0 Å². The molecule has 0 radical (unpaired) electrons. The first-order chi connectivity index (χ1) is 9.16. The molecule has 0 atom stereocenters. The summed E-state index contributed by atoms with van der Waals surface area (Å²) in [4.78, 5) is 8.97. The Bertz CT molecular complexity index is 921. The molecule has 7 nitrogen and oxygen atoms in total. The van der Waals surface area contributed by atoms with Crippen molar-refractivity contribution in [2.45, 2.75) is 9.79 Å². The Kier molecular flexibility index (Phi) is 7.91. The molecular formula is C11H10Na2O7S2. The molecule has 0 amide bonds. The summed E-state index contributed by atoms with van der Waals surface area (Å²) in [5.41, 5.74) is -0.124. The van der Waals surface area contributed by atoms with Crippen molar-refractivity contribution in [1.82, 2.24) is 0 Å². The van der Waals surface area contributed by atoms with E-state index >= 15 is 0 Å². The number of rotatable bonds is 3. The maximum absolute atomic E-state index is 11.4. The molecule has 2 aromatic carbocycles. The van der Waals surface area contributed by atoms with Crippen molar-refractivity contribution in [2.75, 3.05) is 0 Å². The second kappa shape index (κ2) is 7.84. The molecule has 0 spiro atoms. The van der Waals surface area contributed by atoms with Crippen LogP contribution in [0.4, 0.5) is 0 Å². The van der Waals surface area contributed by atoms with E-state index in [-0.39, 0.29) is 75.5 Å². The molecule has 22 heavy (non-hydrogen) atoms. The van der Waals surface area contributed by atoms with E-state index in [1.165, 1.54) is 24.3 Å². The summed E-state index contributed by atoms with van der Waals surface area (Å²) in [6.07, 6.45) is 0.324. The normalized spacial score (nSPS) is 11.4. The number of hydrogen-bond acceptors (Lipinski definition) is 5. The van der Waals surface area contributed by atoms with Crippen LogP contribution in [0, 0.1) is 0 Å². The average Bonchev–Trinajstić information content (AvgIpc) is 2.34. The maximum atomic E-state index is 11.4. The Hall–Kier alpha value is 0.190. The predicted molar refractivity (Wildman–Crippen MR) is 83.3 cm³/mol. The first kappa shape index (κ1) is 22.2. The molecule has 0 fully saturated rings. The fourth-order valence-corrected chi connectivity index (χ4v) is 3.93. The number of fused-ring (bicyclic) bond motifs is 1. The van der Waals surface area contributed by atoms with Crippen LogP contribution in [0.15, 0.2) is 40.1 Å². The van der Waals surface area contributed by atoms with Crippen LogP contribution in [-0.2, 0) is 20.2 Å². The van der Waals surface area contributed by atoms with Crippen LogP contribution in [0.2, 0.25) is 0 Å². The molecule has 0 saturated heterocycles. The molecule has 11 heteroatoms. The molecule has 0 aliphatic heterocycles. The summed E-state index contributed by atoms with van der Waals surface area (Å²) in [5.74, 6) is 0. The first-order valence-corrected chi connectivity index (χ1v) is 8.00. The fourth-order valence-electron chi connectivity index (χ4n) is 1.91. The van der Waals surface area contributed by atoms with Gasteiger partial charge in [0.1, 0.15) is 9.79 Å². The van der Waals surface area contributed by atoms with Gasteiger partial charge in [0.15, 0.2) is 6.29 Å². The van der Waals surface area contributed by atoms with E-state index in [0.29, 0.717) is 12.4 Å². The third-order valence-corrected chi connectivity index (χ3v) is 4.62. The van der Waals surface area contributed by atoms with Crippen LogP contribution in [0.5, 0.6) is 0 Å². The van der Waals surface area contributed by atoms with Gasteiger partial charge in [0.05, 0.1) is 0 Å². The Morgan fingerprint density at radius 2 is 1.36 bits per heavy atom. The Labute approximate surface area is 171 Å². The SMILES string of the molecule is O=Cc1cc(S(=O)(=O)O)c(S(=O)(=O)O)c2ccccc12.[NaH].[NaH]. The summed E-state index contributed by atoms with van der Waals surface area (Å²) >= 11 is 0. The molecule has 2 aromatic rings. The predicted octanol–water partition coefficient (Wildman–Crippen LogP) is -0.151. The zero-order valence-corrected chi connectivity index (χ0v) is 11.3. The van der Waals surface area contributed by atoms with E-state index < -0.39 is 30.0 Å². The van der Waals surface area contributed by atoms with Crippen LogP contribution in [-0.4, -0.2) is 91.3 Å². The first-order valence-electron chi connectivity index (χ1n) is 5.12. The second-order valence-corrected chi connectivity index (χ2v) is 6.65. The molecular weight excluding hydrogens is 354 g/mol. The van der Waals surface area contributed by atoms with Crippen LogP contribution >= 0.6 is 0 Å². The van der Waals surface area contributed by atoms with Crippen molar-refractivity contribution >= 4 is 96.4 Å². The minimum absolute atomic E-state index is 0. The molecule has 0 bridgehead atoms. The molecule has 2 N–H and O–H groups in total. The molecule has 0 aliphatic carbocycles. The number of aldehydes is 1. The van der Waals surface area contributed by atoms with Crippen LogP contribution in [0.3, 0.4) is 0 Å². The molecule has 110 valence electrons. The quantitative estimate of drug-likeness (QED) is 0.441. The molecule has 0 aromatic heterocycles. The van der Waals surface area contributed by atoms with Gasteiger partial charge in [-0.05, 0) is 11.5 Å². The van der Waals surface area contributed by atoms with Gasteiger partial charge in [-0.15, -0.1) is 0 Å². The van der Waals surface area contributed by atoms with Gasteiger partial charge in [0, 0.05) is 10.9 Å². The summed E-state index contributed by atoms with van der Waals surface area (Å²) in [5, 5.41) is -0.0326. The van der Waals surface area contributed by atoms with Crippen molar-refractivity contribution in [1.29, 1.82) is 0 Å². The number of carbonyl (C=O) groups excluding carboxylic acids is 1. The average molecular weight is 364 g/mol. The van der Waals surface area contributed by atoms with Gasteiger partial charge in [-0.2, -0.15) is 16.8 Å². The van der Waals surface area contributed by atoms with Crippen molar-refractivity contribution in [2.24, 2.45) is 0 Å². The number of carbonyl (C=O) groups is 1. The summed E-state index contributed by atoms with van der Waals surface area (Å²) in [6, 6.07) is 6.23. The van der Waals surface area contributed by atoms with E-state index in [1.54, 1.807) is 0 Å². The van der Waals surface area contributed by atoms with Crippen LogP contribution in [0.25, 0.3) is 10.8 Å². The zero-order chi connectivity index (χ0) is 15.1. The van der Waals surface area contributed by atoms with Crippen molar-refractivity contribution in [3.8, 4) is 0 Å². The van der Waals surface area contributed by atoms with Gasteiger partial charge in [-0.25, -0.2) is 0 Å². The fraction of sp³-hybridized carbons (Fsp3) is 0. The second-order valence-electron chi connectivity index (χ2n) is 3.91. The monoisotopic (exact) mass is 364 g/mol. The summed E-state index contributed by atoms with van der Waals surface area (Å²) in [7, 11) is -9.86. The standard InChI is InChI=1S/C11H8O7S2.2Na.2H/c12-6-7-5-10(19(13,14)15)11(20(16,17)18)9-4-2-1-3-8(7)9;;;;/h1-6H,(H,13,14,15)(H,16,17,18);;;;. The number of hydrogen-bond donors (Lipinski definition) is 2. The van der Waals surface area contributed by atoms with Gasteiger partial charge in [0.25, 0.3) is 20.2 Å². The van der Waals surface area contributed by atoms with E-state index in [4.69, 9.17) is 4.55 Å². The van der Waals surface area contributed by atoms with Gasteiger partial charge in [-0.3, -0.25) is 13.9 Å². The van der Waals surface area contributed by atoms with Gasteiger partial charge < -0.3 is 0 Å². The van der Waals surface area contributed by atoms with Crippen molar-refractivity contribution in [3.05, 3.63) is 35.9 Å². The molecule has 0 unspecified atom stereocenters. The Morgan fingerprint density at radius 3 is 1.77 bits per heavy atom. The van der Waals surface area contributed by atoms with Gasteiger partial charge in [0.2, 0.25) is 0 Å². The molecule has 0 saturated carbocycles. The van der Waals surface area contributed by atoms with E-state index in [1.807, 2.05) is 0 Å². The Morgan fingerprint density at radius 1 is 0.864 bits per heavy atom. The topological polar surface area (TPSA) is 126 Å². The molecule has 0 heterocycles. The van der Waals surface area contributed by atoms with Gasteiger partial charge in [-0.1, -0.05) is 24.3 Å². The van der Waals surface area contributed by atoms with Crippen LogP contribution < -0.4 is 0 Å². The number of benzene rings is 2. The minimum atomic E-state index is -4.94. The van der Waals surface area contributed by atoms with Crippen molar-refractivity contribution in [3.63, 3.8) is 0 Å². The summed E-state index contributed by atoms with van der Waals surface area (Å²) < 4.78 is 63.7. The zero-order valence-electron chi connectivity index (χ0n) is 9.72.